The van der Waals surface area contributed by atoms with E-state index in [0.717, 1.165) is 5.57 Å². The average molecular weight is 228 g/mol. The highest BCUT2D eigenvalue weighted by Crippen LogP contribution is 2.10. The molecule has 90 valence electrons. The Kier molecular flexibility index (Phi) is 7.36. The van der Waals surface area contributed by atoms with Crippen LogP contribution in [0.2, 0.25) is 0 Å². The molecule has 0 aromatic heterocycles. The number of hydrogen-bond acceptors (Lipinski definition) is 1. The summed E-state index contributed by atoms with van der Waals surface area (Å²) in [6.45, 7) is 13.1. The molecule has 0 fully saturated rings. The van der Waals surface area contributed by atoms with Gasteiger partial charge in [-0.25, -0.2) is 0 Å². The Morgan fingerprint density at radius 3 is 2.06 bits per heavy atom. The van der Waals surface area contributed by atoms with Gasteiger partial charge in [-0.05, 0) is 20.8 Å². The molecule has 0 spiro atoms. The van der Waals surface area contributed by atoms with Gasteiger partial charge in [-0.3, -0.25) is 4.79 Å². The third-order valence-corrected chi connectivity index (χ3v) is 1.98. The maximum Gasteiger partial charge on any atom is 0.192 e. The van der Waals surface area contributed by atoms with Gasteiger partial charge in [0.1, 0.15) is 0 Å². The van der Waals surface area contributed by atoms with E-state index < -0.39 is 0 Å². The molecule has 0 aromatic rings. The first kappa shape index (κ1) is 15.1. The van der Waals surface area contributed by atoms with Crippen molar-refractivity contribution in [3.8, 4) is 0 Å². The molecular formula is C16H20O. The van der Waals surface area contributed by atoms with Crippen molar-refractivity contribution in [2.45, 2.75) is 20.8 Å². The molecule has 0 aliphatic heterocycles. The van der Waals surface area contributed by atoms with Crippen LogP contribution in [0.3, 0.4) is 0 Å². The van der Waals surface area contributed by atoms with Crippen LogP contribution in [0, 0.1) is 0 Å². The number of Topliss-reactive ketones (excluding diaryl/α,β-unsaturated/α-hetero) is 1. The molecule has 0 saturated carbocycles. The summed E-state index contributed by atoms with van der Waals surface area (Å²) in [5, 5.41) is 0. The van der Waals surface area contributed by atoms with Crippen molar-refractivity contribution in [3.63, 3.8) is 0 Å². The van der Waals surface area contributed by atoms with Gasteiger partial charge in [0.2, 0.25) is 0 Å². The number of rotatable bonds is 6. The Morgan fingerprint density at radius 1 is 1.00 bits per heavy atom. The van der Waals surface area contributed by atoms with Crippen LogP contribution in [0.5, 0.6) is 0 Å². The molecule has 0 rings (SSSR count). The van der Waals surface area contributed by atoms with Crippen LogP contribution in [0.25, 0.3) is 0 Å². The van der Waals surface area contributed by atoms with Crippen LogP contribution in [0.1, 0.15) is 20.8 Å². The van der Waals surface area contributed by atoms with Gasteiger partial charge >= 0.3 is 0 Å². The third kappa shape index (κ3) is 5.67. The minimum absolute atomic E-state index is 0.0458. The number of hydrogen-bond donors (Lipinski definition) is 0. The van der Waals surface area contributed by atoms with E-state index in [4.69, 9.17) is 0 Å². The molecule has 1 heteroatoms. The maximum absolute atomic E-state index is 12.1. The van der Waals surface area contributed by atoms with Crippen molar-refractivity contribution in [2.24, 2.45) is 0 Å². The van der Waals surface area contributed by atoms with Crippen LogP contribution in [0.15, 0.2) is 72.4 Å². The first-order chi connectivity index (χ1) is 8.06. The third-order valence-electron chi connectivity index (χ3n) is 1.98. The van der Waals surface area contributed by atoms with Crippen molar-refractivity contribution in [3.05, 3.63) is 72.4 Å². The molecule has 0 radical (unpaired) electrons. The van der Waals surface area contributed by atoms with Crippen molar-refractivity contribution < 1.29 is 4.79 Å². The van der Waals surface area contributed by atoms with Gasteiger partial charge in [0, 0.05) is 11.1 Å². The lowest BCUT2D eigenvalue weighted by molar-refractivity contribution is -0.111. The molecule has 0 unspecified atom stereocenters. The second kappa shape index (κ2) is 8.28. The van der Waals surface area contributed by atoms with E-state index >= 15 is 0 Å². The maximum atomic E-state index is 12.1. The summed E-state index contributed by atoms with van der Waals surface area (Å²) in [6.07, 6.45) is 12.2. The van der Waals surface area contributed by atoms with Crippen molar-refractivity contribution in [2.75, 3.05) is 0 Å². The van der Waals surface area contributed by atoms with E-state index in [9.17, 15) is 4.79 Å². The summed E-state index contributed by atoms with van der Waals surface area (Å²) in [4.78, 5) is 12.1. The Bertz CT molecular complexity index is 411. The monoisotopic (exact) mass is 228 g/mol. The zero-order valence-corrected chi connectivity index (χ0v) is 10.9. The van der Waals surface area contributed by atoms with Crippen molar-refractivity contribution in [1.82, 2.24) is 0 Å². The largest absolute Gasteiger partial charge is 0.289 e. The summed E-state index contributed by atoms with van der Waals surface area (Å²) in [6, 6.07) is 0. The Labute approximate surface area is 104 Å². The van der Waals surface area contributed by atoms with Gasteiger partial charge in [0.05, 0.1) is 0 Å². The quantitative estimate of drug-likeness (QED) is 0.488. The van der Waals surface area contributed by atoms with Crippen LogP contribution < -0.4 is 0 Å². The minimum Gasteiger partial charge on any atom is -0.289 e. The zero-order chi connectivity index (χ0) is 13.3. The predicted molar refractivity (Wildman–Crippen MR) is 75.8 cm³/mol. The molecule has 1 nitrogen and oxygen atoms in total. The summed E-state index contributed by atoms with van der Waals surface area (Å²) in [5.41, 5.74) is 2.32. The topological polar surface area (TPSA) is 17.1 Å². The fraction of sp³-hybridized carbons (Fsp3) is 0.188. The number of carbonyl (C=O) groups excluding carboxylic acids is 1. The van der Waals surface area contributed by atoms with Gasteiger partial charge in [0.15, 0.2) is 5.78 Å². The fourth-order valence-corrected chi connectivity index (χ4v) is 1.17. The van der Waals surface area contributed by atoms with E-state index in [-0.39, 0.29) is 5.78 Å². The number of ketones is 1. The molecular weight excluding hydrogens is 208 g/mol. The summed E-state index contributed by atoms with van der Waals surface area (Å²) in [5.74, 6) is -0.0458. The standard InChI is InChI=1S/C16H20O/c1-6-9-15(10-7-2)16(17)14(8-3)12-11-13(4)5/h6-12H,1,3H2,2,4-5H3/b10-7-,14-12+,15-9+. The first-order valence-corrected chi connectivity index (χ1v) is 5.54. The fourth-order valence-electron chi connectivity index (χ4n) is 1.17. The lowest BCUT2D eigenvalue weighted by atomic mass is 10.0. The Morgan fingerprint density at radius 2 is 1.65 bits per heavy atom. The highest BCUT2D eigenvalue weighted by atomic mass is 16.1. The van der Waals surface area contributed by atoms with Gasteiger partial charge in [-0.15, -0.1) is 0 Å². The molecule has 0 aliphatic carbocycles. The summed E-state index contributed by atoms with van der Waals surface area (Å²) >= 11 is 0. The lowest BCUT2D eigenvalue weighted by Gasteiger charge is -2.01. The second-order valence-electron chi connectivity index (χ2n) is 3.76. The predicted octanol–water partition coefficient (Wildman–Crippen LogP) is 4.32. The van der Waals surface area contributed by atoms with Gasteiger partial charge in [0.25, 0.3) is 0 Å². The Hall–Kier alpha value is -1.89. The zero-order valence-electron chi connectivity index (χ0n) is 10.9. The summed E-state index contributed by atoms with van der Waals surface area (Å²) in [7, 11) is 0. The van der Waals surface area contributed by atoms with Gasteiger partial charge in [-0.1, -0.05) is 61.3 Å². The Balaban J connectivity index is 5.29. The minimum atomic E-state index is -0.0458. The smallest absolute Gasteiger partial charge is 0.192 e. The molecule has 0 bridgehead atoms. The highest BCUT2D eigenvalue weighted by molar-refractivity contribution is 6.12. The van der Waals surface area contributed by atoms with E-state index in [1.165, 1.54) is 0 Å². The molecule has 0 heterocycles. The molecule has 0 amide bonds. The van der Waals surface area contributed by atoms with E-state index in [1.807, 2.05) is 32.9 Å². The average Bonchev–Trinajstić information content (AvgIpc) is 2.29. The highest BCUT2D eigenvalue weighted by Gasteiger charge is 2.08. The van der Waals surface area contributed by atoms with Crippen LogP contribution >= 0.6 is 0 Å². The van der Waals surface area contributed by atoms with Crippen LogP contribution in [-0.2, 0) is 4.79 Å². The van der Waals surface area contributed by atoms with E-state index in [0.29, 0.717) is 11.1 Å². The molecule has 17 heavy (non-hydrogen) atoms. The van der Waals surface area contributed by atoms with Gasteiger partial charge < -0.3 is 0 Å². The molecule has 0 aromatic carbocycles. The van der Waals surface area contributed by atoms with E-state index in [2.05, 4.69) is 13.2 Å². The van der Waals surface area contributed by atoms with Crippen molar-refractivity contribution in [1.29, 1.82) is 0 Å². The molecule has 0 aliphatic rings. The molecule has 0 N–H and O–H groups in total. The lowest BCUT2D eigenvalue weighted by Crippen LogP contribution is -2.02. The molecule has 0 atom stereocenters. The molecule has 0 saturated heterocycles. The van der Waals surface area contributed by atoms with Gasteiger partial charge in [-0.2, -0.15) is 0 Å². The van der Waals surface area contributed by atoms with Crippen molar-refractivity contribution >= 4 is 5.78 Å². The number of allylic oxidation sites excluding steroid dienone is 10. The van der Waals surface area contributed by atoms with E-state index in [1.54, 1.807) is 30.4 Å². The normalized spacial score (nSPS) is 12.4. The van der Waals surface area contributed by atoms with Crippen LogP contribution in [0.4, 0.5) is 0 Å². The van der Waals surface area contributed by atoms with Crippen LogP contribution in [-0.4, -0.2) is 5.78 Å². The summed E-state index contributed by atoms with van der Waals surface area (Å²) < 4.78 is 0. The second-order valence-corrected chi connectivity index (χ2v) is 3.76. The first-order valence-electron chi connectivity index (χ1n) is 5.54. The SMILES string of the molecule is C=C/C=C(\C=C/C)C(=O)/C(C=C)=C/C=C(C)C. The number of carbonyl (C=O) groups is 1.